The lowest BCUT2D eigenvalue weighted by molar-refractivity contribution is 0.186. The number of amides is 2. The molecule has 5 nitrogen and oxygen atoms in total. The molecule has 0 saturated carbocycles. The molecule has 1 N–H and O–H groups in total. The second-order valence-corrected chi connectivity index (χ2v) is 7.31. The summed E-state index contributed by atoms with van der Waals surface area (Å²) in [4.78, 5) is 14.5. The predicted octanol–water partition coefficient (Wildman–Crippen LogP) is 4.28. The predicted molar refractivity (Wildman–Crippen MR) is 102 cm³/mol. The largest absolute Gasteiger partial charge is 0.322 e. The SMILES string of the molecule is CC(c1ccccc1)N1Cc2cc3c(cc2NC1=O)[N+](C)(C)N=C3Cl. The molecule has 0 spiro atoms. The Balaban J connectivity index is 1.71. The van der Waals surface area contributed by atoms with Gasteiger partial charge in [-0.05, 0) is 24.1 Å². The van der Waals surface area contributed by atoms with Crippen LogP contribution < -0.4 is 9.91 Å². The maximum atomic E-state index is 12.7. The summed E-state index contributed by atoms with van der Waals surface area (Å²) in [6.45, 7) is 2.59. The van der Waals surface area contributed by atoms with Gasteiger partial charge in [-0.1, -0.05) is 47.0 Å². The molecule has 25 heavy (non-hydrogen) atoms. The molecule has 0 aliphatic carbocycles. The van der Waals surface area contributed by atoms with Gasteiger partial charge in [-0.3, -0.25) is 0 Å². The number of benzene rings is 2. The molecule has 2 aromatic carbocycles. The Morgan fingerprint density at radius 3 is 2.68 bits per heavy atom. The first-order valence-electron chi connectivity index (χ1n) is 8.27. The fraction of sp³-hybridized carbons (Fsp3) is 0.263. The van der Waals surface area contributed by atoms with Gasteiger partial charge in [-0.15, -0.1) is 0 Å². The summed E-state index contributed by atoms with van der Waals surface area (Å²) in [5.74, 6) is 0. The number of quaternary nitrogens is 1. The molecule has 1 atom stereocenters. The van der Waals surface area contributed by atoms with Crippen molar-refractivity contribution in [2.75, 3.05) is 19.4 Å². The highest BCUT2D eigenvalue weighted by Crippen LogP contribution is 2.40. The van der Waals surface area contributed by atoms with Gasteiger partial charge in [-0.2, -0.15) is 4.59 Å². The van der Waals surface area contributed by atoms with Crippen LogP contribution in [0.25, 0.3) is 0 Å². The van der Waals surface area contributed by atoms with E-state index in [1.54, 1.807) is 0 Å². The molecule has 0 radical (unpaired) electrons. The monoisotopic (exact) mass is 355 g/mol. The molecule has 4 rings (SSSR count). The van der Waals surface area contributed by atoms with E-state index >= 15 is 0 Å². The molecule has 0 bridgehead atoms. The van der Waals surface area contributed by atoms with Gasteiger partial charge in [-0.25, -0.2) is 4.79 Å². The van der Waals surface area contributed by atoms with Crippen LogP contribution in [0, 0.1) is 0 Å². The van der Waals surface area contributed by atoms with E-state index in [0.717, 1.165) is 28.1 Å². The summed E-state index contributed by atoms with van der Waals surface area (Å²) in [7, 11) is 3.93. The lowest BCUT2D eigenvalue weighted by atomic mass is 10.0. The normalized spacial score (nSPS) is 19.0. The third kappa shape index (κ3) is 2.60. The van der Waals surface area contributed by atoms with Crippen molar-refractivity contribution in [3.05, 3.63) is 59.2 Å². The first kappa shape index (κ1) is 16.1. The Labute approximate surface area is 152 Å². The van der Waals surface area contributed by atoms with Crippen LogP contribution in [0.15, 0.2) is 47.6 Å². The van der Waals surface area contributed by atoms with Gasteiger partial charge in [0.25, 0.3) is 0 Å². The van der Waals surface area contributed by atoms with E-state index in [1.165, 1.54) is 0 Å². The van der Waals surface area contributed by atoms with E-state index in [9.17, 15) is 4.79 Å². The first-order valence-corrected chi connectivity index (χ1v) is 8.65. The zero-order valence-corrected chi connectivity index (χ0v) is 15.2. The Kier molecular flexibility index (Phi) is 3.60. The molecule has 1 unspecified atom stereocenters. The summed E-state index contributed by atoms with van der Waals surface area (Å²) in [6.07, 6.45) is 0. The average molecular weight is 356 g/mol. The van der Waals surface area contributed by atoms with Crippen molar-refractivity contribution < 1.29 is 4.79 Å². The third-order valence-electron chi connectivity index (χ3n) is 4.96. The van der Waals surface area contributed by atoms with E-state index in [-0.39, 0.29) is 12.1 Å². The highest BCUT2D eigenvalue weighted by molar-refractivity contribution is 6.70. The zero-order chi connectivity index (χ0) is 17.8. The van der Waals surface area contributed by atoms with Gasteiger partial charge in [0, 0.05) is 6.07 Å². The third-order valence-corrected chi connectivity index (χ3v) is 5.24. The number of fused-ring (bicyclic) bond motifs is 2. The molecule has 0 saturated heterocycles. The van der Waals surface area contributed by atoms with Crippen LogP contribution in [0.4, 0.5) is 16.2 Å². The topological polar surface area (TPSA) is 44.7 Å². The second-order valence-electron chi connectivity index (χ2n) is 6.96. The van der Waals surface area contributed by atoms with Crippen molar-refractivity contribution in [3.8, 4) is 0 Å². The van der Waals surface area contributed by atoms with Crippen molar-refractivity contribution in [1.29, 1.82) is 0 Å². The van der Waals surface area contributed by atoms with Crippen LogP contribution in [-0.4, -0.2) is 30.2 Å². The van der Waals surface area contributed by atoms with Gasteiger partial charge in [0.2, 0.25) is 0 Å². The average Bonchev–Trinajstić information content (AvgIpc) is 2.81. The Morgan fingerprint density at radius 1 is 1.24 bits per heavy atom. The number of nitrogens with one attached hydrogen (secondary N) is 1. The number of hydrogen-bond donors (Lipinski definition) is 1. The minimum atomic E-state index is -0.0841. The van der Waals surface area contributed by atoms with E-state index in [0.29, 0.717) is 16.3 Å². The van der Waals surface area contributed by atoms with Crippen LogP contribution in [0.1, 0.15) is 29.7 Å². The summed E-state index contributed by atoms with van der Waals surface area (Å²) >= 11 is 6.33. The minimum Gasteiger partial charge on any atom is -0.313 e. The molecule has 2 amide bonds. The number of nitrogens with zero attached hydrogens (tertiary/aromatic N) is 3. The maximum absolute atomic E-state index is 12.7. The summed E-state index contributed by atoms with van der Waals surface area (Å²) in [6, 6.07) is 14.0. The zero-order valence-electron chi connectivity index (χ0n) is 14.5. The molecule has 2 aromatic rings. The van der Waals surface area contributed by atoms with Crippen molar-refractivity contribution in [2.45, 2.75) is 19.5 Å². The fourth-order valence-electron chi connectivity index (χ4n) is 3.49. The molecule has 2 aliphatic heterocycles. The smallest absolute Gasteiger partial charge is 0.313 e. The van der Waals surface area contributed by atoms with Gasteiger partial charge >= 0.3 is 6.03 Å². The maximum Gasteiger partial charge on any atom is 0.322 e. The molecule has 6 heteroatoms. The molecule has 128 valence electrons. The van der Waals surface area contributed by atoms with Crippen LogP contribution in [0.5, 0.6) is 0 Å². The first-order chi connectivity index (χ1) is 11.9. The molecular formula is C19H20ClN4O+. The van der Waals surface area contributed by atoms with E-state index in [1.807, 2.05) is 68.4 Å². The van der Waals surface area contributed by atoms with Gasteiger partial charge in [0.15, 0.2) is 10.9 Å². The Bertz CT molecular complexity index is 892. The number of hydrogen-bond acceptors (Lipinski definition) is 2. The Hall–Kier alpha value is -2.37. The summed E-state index contributed by atoms with van der Waals surface area (Å²) in [5, 5.41) is 8.02. The van der Waals surface area contributed by atoms with Crippen LogP contribution in [0.2, 0.25) is 0 Å². The lowest BCUT2D eigenvalue weighted by Gasteiger charge is -2.34. The number of urea groups is 1. The number of rotatable bonds is 2. The summed E-state index contributed by atoms with van der Waals surface area (Å²) < 4.78 is 0.335. The highest BCUT2D eigenvalue weighted by atomic mass is 35.5. The number of carbonyl (C=O) groups excluding carboxylic acids is 1. The van der Waals surface area contributed by atoms with Gasteiger partial charge < -0.3 is 10.2 Å². The number of carbonyl (C=O) groups is 1. The van der Waals surface area contributed by atoms with E-state index in [4.69, 9.17) is 11.6 Å². The minimum absolute atomic E-state index is 0.0148. The highest BCUT2D eigenvalue weighted by Gasteiger charge is 2.36. The molecule has 0 aromatic heterocycles. The van der Waals surface area contributed by atoms with Crippen LogP contribution >= 0.6 is 11.6 Å². The van der Waals surface area contributed by atoms with Crippen molar-refractivity contribution in [2.24, 2.45) is 5.10 Å². The van der Waals surface area contributed by atoms with E-state index in [2.05, 4.69) is 10.4 Å². The van der Waals surface area contributed by atoms with Crippen LogP contribution in [0.3, 0.4) is 0 Å². The van der Waals surface area contributed by atoms with Crippen molar-refractivity contribution in [3.63, 3.8) is 0 Å². The van der Waals surface area contributed by atoms with Gasteiger partial charge in [0.05, 0.1) is 37.9 Å². The molecule has 0 fully saturated rings. The molecule has 2 heterocycles. The van der Waals surface area contributed by atoms with Crippen molar-refractivity contribution >= 4 is 34.2 Å². The van der Waals surface area contributed by atoms with Gasteiger partial charge in [0.1, 0.15) is 0 Å². The molecular weight excluding hydrogens is 336 g/mol. The van der Waals surface area contributed by atoms with E-state index < -0.39 is 0 Å². The Morgan fingerprint density at radius 2 is 1.96 bits per heavy atom. The standard InChI is InChI=1S/C19H19ClN4O/c1-12(13-7-5-4-6-8-13)23-11-14-9-15-17(10-16(14)21-19(23)25)24(2,3)22-18(15)20/h4-10,12H,11H2,1-3H3/p+1. The number of halogens is 1. The number of anilines is 1. The fourth-order valence-corrected chi connectivity index (χ4v) is 3.83. The summed E-state index contributed by atoms with van der Waals surface area (Å²) in [5.41, 5.74) is 4.94. The second kappa shape index (κ2) is 5.58. The quantitative estimate of drug-likeness (QED) is 0.803. The lowest BCUT2D eigenvalue weighted by Crippen LogP contribution is -2.40. The van der Waals surface area contributed by atoms with Crippen LogP contribution in [-0.2, 0) is 6.54 Å². The molecule has 2 aliphatic rings. The van der Waals surface area contributed by atoms with Crippen molar-refractivity contribution in [1.82, 2.24) is 9.49 Å².